The number of carbonyl (C=O) groups is 1. The molecular formula is C21H26F2IN5O. The smallest absolute Gasteiger partial charge is 0.239 e. The first-order valence-corrected chi connectivity index (χ1v) is 9.53. The van der Waals surface area contributed by atoms with Crippen LogP contribution in [0.25, 0.3) is 0 Å². The van der Waals surface area contributed by atoms with Crippen LogP contribution in [0.5, 0.6) is 0 Å². The predicted octanol–water partition coefficient (Wildman–Crippen LogP) is 2.64. The van der Waals surface area contributed by atoms with Gasteiger partial charge in [-0.05, 0) is 24.1 Å². The Hall–Kier alpha value is -2.43. The van der Waals surface area contributed by atoms with Gasteiger partial charge in [0.2, 0.25) is 5.91 Å². The van der Waals surface area contributed by atoms with Crippen LogP contribution in [0.1, 0.15) is 12.0 Å². The van der Waals surface area contributed by atoms with Crippen LogP contribution in [0.15, 0.2) is 53.5 Å². The lowest BCUT2D eigenvalue weighted by Crippen LogP contribution is -2.47. The molecule has 1 atom stereocenters. The summed E-state index contributed by atoms with van der Waals surface area (Å²) in [5.74, 6) is -0.789. The van der Waals surface area contributed by atoms with E-state index in [0.717, 1.165) is 18.1 Å². The summed E-state index contributed by atoms with van der Waals surface area (Å²) < 4.78 is 27.1. The first-order chi connectivity index (χ1) is 14.0. The monoisotopic (exact) mass is 529 g/mol. The number of nitrogens with zero attached hydrogens (tertiary/aromatic N) is 2. The van der Waals surface area contributed by atoms with E-state index in [-0.39, 0.29) is 42.5 Å². The molecule has 1 heterocycles. The summed E-state index contributed by atoms with van der Waals surface area (Å²) in [7, 11) is 1.63. The lowest BCUT2D eigenvalue weighted by atomic mass is 10.2. The Labute approximate surface area is 192 Å². The molecule has 30 heavy (non-hydrogen) atoms. The summed E-state index contributed by atoms with van der Waals surface area (Å²) in [5.41, 5.74) is 1.42. The van der Waals surface area contributed by atoms with Crippen LogP contribution >= 0.6 is 24.0 Å². The Bertz CT molecular complexity index is 866. The van der Waals surface area contributed by atoms with Crippen LogP contribution in [0.4, 0.5) is 14.5 Å². The number of amides is 1. The molecule has 2 aromatic rings. The van der Waals surface area contributed by atoms with E-state index in [1.807, 2.05) is 35.2 Å². The van der Waals surface area contributed by atoms with E-state index in [1.165, 1.54) is 12.1 Å². The van der Waals surface area contributed by atoms with E-state index in [1.54, 1.807) is 7.05 Å². The minimum absolute atomic E-state index is 0. The molecule has 0 spiro atoms. The molecule has 1 aliphatic heterocycles. The third-order valence-electron chi connectivity index (χ3n) is 4.75. The third kappa shape index (κ3) is 6.82. The van der Waals surface area contributed by atoms with Crippen LogP contribution in [0.2, 0.25) is 0 Å². The van der Waals surface area contributed by atoms with Gasteiger partial charge >= 0.3 is 0 Å². The maximum Gasteiger partial charge on any atom is 0.239 e. The Morgan fingerprint density at radius 1 is 1.17 bits per heavy atom. The van der Waals surface area contributed by atoms with Gasteiger partial charge in [0.05, 0.1) is 12.2 Å². The van der Waals surface area contributed by atoms with Gasteiger partial charge < -0.3 is 20.9 Å². The summed E-state index contributed by atoms with van der Waals surface area (Å²) >= 11 is 0. The fourth-order valence-electron chi connectivity index (χ4n) is 3.25. The average Bonchev–Trinajstić information content (AvgIpc) is 3.18. The quantitative estimate of drug-likeness (QED) is 0.306. The normalized spacial score (nSPS) is 16.0. The molecular weight excluding hydrogens is 503 g/mol. The number of carbonyl (C=O) groups excluding carboxylic acids is 1. The number of benzene rings is 2. The average molecular weight is 529 g/mol. The number of nitrogens with one attached hydrogen (secondary N) is 3. The number of anilines is 1. The number of aliphatic imine (C=N–C) groups is 1. The fourth-order valence-corrected chi connectivity index (χ4v) is 3.25. The van der Waals surface area contributed by atoms with Gasteiger partial charge in [-0.1, -0.05) is 30.3 Å². The molecule has 162 valence electrons. The SMILES string of the molecule is CN=C(NCC(=O)NCc1ccccc1)NC1CCN(c2ccc(F)cc2F)C1.I. The summed E-state index contributed by atoms with van der Waals surface area (Å²) in [6.45, 7) is 1.77. The molecule has 1 unspecified atom stereocenters. The molecule has 1 aliphatic rings. The first kappa shape index (κ1) is 23.8. The Balaban J connectivity index is 0.00000320. The highest BCUT2D eigenvalue weighted by Crippen LogP contribution is 2.24. The molecule has 0 saturated carbocycles. The zero-order chi connectivity index (χ0) is 20.6. The lowest BCUT2D eigenvalue weighted by molar-refractivity contribution is -0.120. The van der Waals surface area contributed by atoms with E-state index >= 15 is 0 Å². The zero-order valence-corrected chi connectivity index (χ0v) is 19.0. The van der Waals surface area contributed by atoms with E-state index in [2.05, 4.69) is 20.9 Å². The van der Waals surface area contributed by atoms with Crippen molar-refractivity contribution in [3.8, 4) is 0 Å². The maximum absolute atomic E-state index is 14.0. The van der Waals surface area contributed by atoms with Crippen LogP contribution in [0, 0.1) is 11.6 Å². The van der Waals surface area contributed by atoms with Crippen molar-refractivity contribution in [2.75, 3.05) is 31.6 Å². The largest absolute Gasteiger partial charge is 0.367 e. The van der Waals surface area contributed by atoms with Gasteiger partial charge in [0.1, 0.15) is 11.6 Å². The van der Waals surface area contributed by atoms with Crippen LogP contribution in [-0.2, 0) is 11.3 Å². The van der Waals surface area contributed by atoms with Gasteiger partial charge in [-0.2, -0.15) is 0 Å². The van der Waals surface area contributed by atoms with Crippen LogP contribution in [0.3, 0.4) is 0 Å². The topological polar surface area (TPSA) is 68.8 Å². The summed E-state index contributed by atoms with van der Waals surface area (Å²) in [6, 6.07) is 13.3. The predicted molar refractivity (Wildman–Crippen MR) is 125 cm³/mol. The molecule has 2 aromatic carbocycles. The van der Waals surface area contributed by atoms with Gasteiger partial charge in [0.15, 0.2) is 5.96 Å². The van der Waals surface area contributed by atoms with Crippen molar-refractivity contribution >= 4 is 41.5 Å². The second kappa shape index (κ2) is 11.7. The minimum atomic E-state index is -0.588. The number of rotatable bonds is 6. The highest BCUT2D eigenvalue weighted by atomic mass is 127. The molecule has 6 nitrogen and oxygen atoms in total. The second-order valence-corrected chi connectivity index (χ2v) is 6.86. The van der Waals surface area contributed by atoms with Gasteiger partial charge in [0, 0.05) is 38.8 Å². The molecule has 1 fully saturated rings. The fraction of sp³-hybridized carbons (Fsp3) is 0.333. The molecule has 3 N–H and O–H groups in total. The van der Waals surface area contributed by atoms with E-state index in [4.69, 9.17) is 0 Å². The second-order valence-electron chi connectivity index (χ2n) is 6.86. The standard InChI is InChI=1S/C21H25F2N5O.HI/c1-24-21(26-13-20(29)25-12-15-5-3-2-4-6-15)27-17-9-10-28(14-17)19-8-7-16(22)11-18(19)23;/h2-8,11,17H,9-10,12-14H2,1H3,(H,25,29)(H2,24,26,27);1H. The molecule has 3 rings (SSSR count). The molecule has 0 aromatic heterocycles. The van der Waals surface area contributed by atoms with Crippen molar-refractivity contribution in [2.45, 2.75) is 19.0 Å². The van der Waals surface area contributed by atoms with E-state index in [0.29, 0.717) is 31.3 Å². The highest BCUT2D eigenvalue weighted by molar-refractivity contribution is 14.0. The maximum atomic E-state index is 14.0. The molecule has 0 bridgehead atoms. The Morgan fingerprint density at radius 3 is 2.63 bits per heavy atom. The number of hydrogen-bond acceptors (Lipinski definition) is 3. The number of hydrogen-bond donors (Lipinski definition) is 3. The van der Waals surface area contributed by atoms with Gasteiger partial charge in [-0.15, -0.1) is 24.0 Å². The molecule has 1 amide bonds. The molecule has 0 aliphatic carbocycles. The summed E-state index contributed by atoms with van der Waals surface area (Å²) in [5, 5.41) is 9.08. The van der Waals surface area contributed by atoms with Crippen molar-refractivity contribution < 1.29 is 13.6 Å². The zero-order valence-electron chi connectivity index (χ0n) is 16.7. The van der Waals surface area contributed by atoms with Crippen molar-refractivity contribution in [1.82, 2.24) is 16.0 Å². The van der Waals surface area contributed by atoms with Crippen molar-refractivity contribution in [1.29, 1.82) is 0 Å². The lowest BCUT2D eigenvalue weighted by Gasteiger charge is -2.21. The van der Waals surface area contributed by atoms with Crippen LogP contribution < -0.4 is 20.9 Å². The minimum Gasteiger partial charge on any atom is -0.367 e. The summed E-state index contributed by atoms with van der Waals surface area (Å²) in [4.78, 5) is 18.0. The van der Waals surface area contributed by atoms with Gasteiger partial charge in [-0.25, -0.2) is 8.78 Å². The van der Waals surface area contributed by atoms with Crippen molar-refractivity contribution in [3.63, 3.8) is 0 Å². The highest BCUT2D eigenvalue weighted by Gasteiger charge is 2.25. The third-order valence-corrected chi connectivity index (χ3v) is 4.75. The molecule has 1 saturated heterocycles. The van der Waals surface area contributed by atoms with Gasteiger partial charge in [0.25, 0.3) is 0 Å². The summed E-state index contributed by atoms with van der Waals surface area (Å²) in [6.07, 6.45) is 0.776. The number of guanidine groups is 1. The molecule has 0 radical (unpaired) electrons. The van der Waals surface area contributed by atoms with Crippen molar-refractivity contribution in [3.05, 3.63) is 65.7 Å². The first-order valence-electron chi connectivity index (χ1n) is 9.53. The van der Waals surface area contributed by atoms with Gasteiger partial charge in [-0.3, -0.25) is 9.79 Å². The Morgan fingerprint density at radius 2 is 1.93 bits per heavy atom. The molecule has 9 heteroatoms. The van der Waals surface area contributed by atoms with Crippen molar-refractivity contribution in [2.24, 2.45) is 4.99 Å². The van der Waals surface area contributed by atoms with E-state index in [9.17, 15) is 13.6 Å². The van der Waals surface area contributed by atoms with E-state index < -0.39 is 11.6 Å². The number of halogens is 3. The van der Waals surface area contributed by atoms with Crippen LogP contribution in [-0.4, -0.2) is 44.6 Å². The Kier molecular flexibility index (Phi) is 9.28.